The van der Waals surface area contributed by atoms with Gasteiger partial charge >= 0.3 is 0 Å². The van der Waals surface area contributed by atoms with Crippen LogP contribution in [0.2, 0.25) is 0 Å². The van der Waals surface area contributed by atoms with Crippen molar-refractivity contribution in [1.82, 2.24) is 14.7 Å². The number of hydrogen-bond donors (Lipinski definition) is 0. The quantitative estimate of drug-likeness (QED) is 0.666. The lowest BCUT2D eigenvalue weighted by Gasteiger charge is -2.38. The summed E-state index contributed by atoms with van der Waals surface area (Å²) in [4.78, 5) is 7.47. The second kappa shape index (κ2) is 10.1. The molecule has 1 saturated heterocycles. The summed E-state index contributed by atoms with van der Waals surface area (Å²) in [5, 5.41) is 0. The first kappa shape index (κ1) is 22.3. The molecule has 31 heavy (non-hydrogen) atoms. The van der Waals surface area contributed by atoms with E-state index in [1.165, 1.54) is 24.0 Å². The Labute approximate surface area is 186 Å². The molecule has 2 aromatic carbocycles. The molecule has 2 aliphatic rings. The Morgan fingerprint density at radius 2 is 1.74 bits per heavy atom. The average Bonchev–Trinajstić information content (AvgIpc) is 2.92. The van der Waals surface area contributed by atoms with Gasteiger partial charge in [-0.1, -0.05) is 32.0 Å². The van der Waals surface area contributed by atoms with Crippen LogP contribution >= 0.6 is 0 Å². The van der Waals surface area contributed by atoms with Crippen LogP contribution in [0.15, 0.2) is 42.5 Å². The minimum Gasteiger partial charge on any atom is -0.493 e. The highest BCUT2D eigenvalue weighted by atomic mass is 19.1. The maximum absolute atomic E-state index is 14.0. The molecule has 2 aliphatic heterocycles. The summed E-state index contributed by atoms with van der Waals surface area (Å²) < 4.78 is 19.8. The number of nitrogens with zero attached hydrogens (tertiary/aromatic N) is 3. The molecule has 0 bridgehead atoms. The fraction of sp³-hybridized carbons (Fsp3) is 0.538. The average molecular weight is 426 g/mol. The van der Waals surface area contributed by atoms with Gasteiger partial charge in [-0.3, -0.25) is 9.80 Å². The lowest BCUT2D eigenvalue weighted by molar-refractivity contribution is 0.0540. The number of likely N-dealkylation sites (tertiary alicyclic amines) is 1. The fourth-order valence-electron chi connectivity index (χ4n) is 4.64. The minimum atomic E-state index is -0.132. The third-order valence-electron chi connectivity index (χ3n) is 6.43. The number of piperidine rings is 1. The zero-order valence-electron chi connectivity index (χ0n) is 19.2. The van der Waals surface area contributed by atoms with Crippen LogP contribution in [0.3, 0.4) is 0 Å². The first-order valence-electron chi connectivity index (χ1n) is 11.6. The van der Waals surface area contributed by atoms with E-state index in [-0.39, 0.29) is 5.82 Å². The van der Waals surface area contributed by atoms with Gasteiger partial charge in [0, 0.05) is 25.7 Å². The van der Waals surface area contributed by atoms with Gasteiger partial charge in [-0.2, -0.15) is 0 Å². The van der Waals surface area contributed by atoms with Gasteiger partial charge in [0.1, 0.15) is 11.6 Å². The van der Waals surface area contributed by atoms with E-state index in [1.807, 2.05) is 6.07 Å². The normalized spacial score (nSPS) is 19.4. The predicted molar refractivity (Wildman–Crippen MR) is 123 cm³/mol. The summed E-state index contributed by atoms with van der Waals surface area (Å²) in [7, 11) is 2.20. The summed E-state index contributed by atoms with van der Waals surface area (Å²) in [6.07, 6.45) is 2.35. The van der Waals surface area contributed by atoms with Crippen LogP contribution in [0, 0.1) is 11.7 Å². The maximum Gasteiger partial charge on any atom is 0.123 e. The third kappa shape index (κ3) is 6.06. The van der Waals surface area contributed by atoms with Gasteiger partial charge in [-0.25, -0.2) is 4.39 Å². The van der Waals surface area contributed by atoms with Crippen molar-refractivity contribution in [3.8, 4) is 5.75 Å². The van der Waals surface area contributed by atoms with E-state index in [1.54, 1.807) is 12.1 Å². The Kier molecular flexibility index (Phi) is 7.26. The van der Waals surface area contributed by atoms with E-state index in [9.17, 15) is 4.39 Å². The molecule has 5 heteroatoms. The second-order valence-corrected chi connectivity index (χ2v) is 9.67. The second-order valence-electron chi connectivity index (χ2n) is 9.67. The largest absolute Gasteiger partial charge is 0.493 e. The van der Waals surface area contributed by atoms with E-state index in [4.69, 9.17) is 4.74 Å². The highest BCUT2D eigenvalue weighted by molar-refractivity contribution is 5.30. The predicted octanol–water partition coefficient (Wildman–Crippen LogP) is 4.73. The molecule has 0 atom stereocenters. The van der Waals surface area contributed by atoms with Crippen LogP contribution in [0.25, 0.3) is 0 Å². The van der Waals surface area contributed by atoms with E-state index < -0.39 is 0 Å². The summed E-state index contributed by atoms with van der Waals surface area (Å²) >= 11 is 0. The summed E-state index contributed by atoms with van der Waals surface area (Å²) in [6.45, 7) is 10.8. The van der Waals surface area contributed by atoms with Crippen molar-refractivity contribution in [2.24, 2.45) is 5.92 Å². The van der Waals surface area contributed by atoms with E-state index in [2.05, 4.69) is 59.9 Å². The molecular weight excluding hydrogens is 389 g/mol. The number of benzene rings is 2. The van der Waals surface area contributed by atoms with Gasteiger partial charge in [0.05, 0.1) is 13.3 Å². The Bertz CT molecular complexity index is 846. The Hall–Kier alpha value is -1.95. The lowest BCUT2D eigenvalue weighted by atomic mass is 10.0. The molecule has 0 saturated carbocycles. The zero-order valence-corrected chi connectivity index (χ0v) is 19.2. The molecule has 4 nitrogen and oxygen atoms in total. The standard InChI is InChI=1S/C26H36FN3O/c1-20(2)18-31-26-8-4-21(5-9-26)15-29-16-22-6-7-24(27)14-23(22)17-30(19-29)25-10-12-28(3)13-11-25/h4-9,14,20,25H,10-13,15-19H2,1-3H3. The monoisotopic (exact) mass is 425 g/mol. The van der Waals surface area contributed by atoms with Crippen molar-refractivity contribution in [1.29, 1.82) is 0 Å². The van der Waals surface area contributed by atoms with Crippen molar-refractivity contribution < 1.29 is 9.13 Å². The van der Waals surface area contributed by atoms with Crippen molar-refractivity contribution >= 4 is 0 Å². The van der Waals surface area contributed by atoms with Crippen LogP contribution in [-0.4, -0.2) is 54.2 Å². The molecule has 1 fully saturated rings. The number of ether oxygens (including phenoxy) is 1. The molecule has 0 spiro atoms. The number of fused-ring (bicyclic) bond motifs is 1. The van der Waals surface area contributed by atoms with Crippen molar-refractivity contribution in [3.63, 3.8) is 0 Å². The zero-order chi connectivity index (χ0) is 21.8. The number of halogens is 1. The van der Waals surface area contributed by atoms with Gasteiger partial charge in [-0.05, 0) is 79.9 Å². The minimum absolute atomic E-state index is 0.132. The summed E-state index contributed by atoms with van der Waals surface area (Å²) in [5.74, 6) is 1.32. The van der Waals surface area contributed by atoms with Crippen molar-refractivity contribution in [2.75, 3.05) is 33.4 Å². The highest BCUT2D eigenvalue weighted by Gasteiger charge is 2.28. The van der Waals surface area contributed by atoms with Crippen molar-refractivity contribution in [2.45, 2.75) is 52.4 Å². The first-order valence-corrected chi connectivity index (χ1v) is 11.6. The molecule has 2 heterocycles. The van der Waals surface area contributed by atoms with E-state index in [0.29, 0.717) is 12.0 Å². The van der Waals surface area contributed by atoms with Crippen molar-refractivity contribution in [3.05, 3.63) is 65.0 Å². The molecule has 0 aliphatic carbocycles. The molecule has 0 unspecified atom stereocenters. The van der Waals surface area contributed by atoms with E-state index >= 15 is 0 Å². The Balaban J connectivity index is 1.48. The molecular formula is C26H36FN3O. The maximum atomic E-state index is 14.0. The molecule has 0 radical (unpaired) electrons. The van der Waals surface area contributed by atoms with Gasteiger partial charge in [0.2, 0.25) is 0 Å². The molecule has 4 rings (SSSR count). The van der Waals surface area contributed by atoms with Gasteiger partial charge < -0.3 is 9.64 Å². The molecule has 0 amide bonds. The van der Waals surface area contributed by atoms with Crippen LogP contribution in [0.4, 0.5) is 4.39 Å². The molecule has 168 valence electrons. The number of rotatable bonds is 6. The summed E-state index contributed by atoms with van der Waals surface area (Å²) in [6, 6.07) is 14.4. The number of hydrogen-bond acceptors (Lipinski definition) is 4. The van der Waals surface area contributed by atoms with Crippen LogP contribution in [0.1, 0.15) is 43.4 Å². The first-order chi connectivity index (χ1) is 15.0. The third-order valence-corrected chi connectivity index (χ3v) is 6.43. The summed E-state index contributed by atoms with van der Waals surface area (Å²) in [5.41, 5.74) is 3.67. The van der Waals surface area contributed by atoms with E-state index in [0.717, 1.165) is 57.3 Å². The lowest BCUT2D eigenvalue weighted by Crippen LogP contribution is -2.46. The van der Waals surface area contributed by atoms with Gasteiger partial charge in [0.25, 0.3) is 0 Å². The topological polar surface area (TPSA) is 19.0 Å². The smallest absolute Gasteiger partial charge is 0.123 e. The Morgan fingerprint density at radius 1 is 1.00 bits per heavy atom. The molecule has 2 aromatic rings. The SMILES string of the molecule is CC(C)COc1ccc(CN2Cc3ccc(F)cc3CN(C3CCN(C)CC3)C2)cc1. The van der Waals surface area contributed by atoms with Gasteiger partial charge in [0.15, 0.2) is 0 Å². The van der Waals surface area contributed by atoms with Gasteiger partial charge in [-0.15, -0.1) is 0 Å². The van der Waals surface area contributed by atoms with Crippen LogP contribution in [-0.2, 0) is 19.6 Å². The molecule has 0 N–H and O–H groups in total. The highest BCUT2D eigenvalue weighted by Crippen LogP contribution is 2.26. The van der Waals surface area contributed by atoms with Crippen LogP contribution in [0.5, 0.6) is 5.75 Å². The van der Waals surface area contributed by atoms with Crippen LogP contribution < -0.4 is 4.74 Å². The molecule has 0 aromatic heterocycles. The fourth-order valence-corrected chi connectivity index (χ4v) is 4.64. The Morgan fingerprint density at radius 3 is 2.45 bits per heavy atom.